The Hall–Kier alpha value is -3.17. The van der Waals surface area contributed by atoms with Crippen LogP contribution < -0.4 is 0 Å². The number of hydrogen-bond acceptors (Lipinski definition) is 6. The lowest BCUT2D eigenvalue weighted by molar-refractivity contribution is 0.0599. The van der Waals surface area contributed by atoms with Gasteiger partial charge in [-0.05, 0) is 13.0 Å². The standard InChI is InChI=1S/C19H14N2O3S/c1-12-16(19(22)23-2)9-15(24-12)8-14(10-20)18-21-17(11-25-18)13-6-4-3-5-7-13/h3-9,11H,1-2H3/b14-8+. The summed E-state index contributed by atoms with van der Waals surface area (Å²) in [4.78, 5) is 16.2. The van der Waals surface area contributed by atoms with Crippen molar-refractivity contribution in [1.82, 2.24) is 4.98 Å². The molecule has 0 amide bonds. The highest BCUT2D eigenvalue weighted by Crippen LogP contribution is 2.28. The van der Waals surface area contributed by atoms with E-state index in [1.165, 1.54) is 18.4 Å². The van der Waals surface area contributed by atoms with Gasteiger partial charge in [0, 0.05) is 17.0 Å². The lowest BCUT2D eigenvalue weighted by Gasteiger charge is -1.94. The lowest BCUT2D eigenvalue weighted by Crippen LogP contribution is -2.00. The van der Waals surface area contributed by atoms with Crippen molar-refractivity contribution < 1.29 is 13.9 Å². The van der Waals surface area contributed by atoms with Crippen LogP contribution in [0, 0.1) is 18.3 Å². The van der Waals surface area contributed by atoms with Crippen LogP contribution in [0.1, 0.15) is 26.9 Å². The number of furan rings is 1. The average molecular weight is 350 g/mol. The molecule has 6 heteroatoms. The highest BCUT2D eigenvalue weighted by molar-refractivity contribution is 7.11. The van der Waals surface area contributed by atoms with Gasteiger partial charge in [-0.3, -0.25) is 0 Å². The summed E-state index contributed by atoms with van der Waals surface area (Å²) in [6.45, 7) is 1.67. The molecule has 2 aromatic heterocycles. The number of carbonyl (C=O) groups is 1. The Labute approximate surface area is 148 Å². The van der Waals surface area contributed by atoms with E-state index in [0.29, 0.717) is 27.7 Å². The van der Waals surface area contributed by atoms with Crippen molar-refractivity contribution in [2.45, 2.75) is 6.92 Å². The van der Waals surface area contributed by atoms with Crippen molar-refractivity contribution in [2.75, 3.05) is 7.11 Å². The molecule has 3 aromatic rings. The van der Waals surface area contributed by atoms with Crippen LogP contribution in [0.25, 0.3) is 22.9 Å². The number of benzene rings is 1. The number of nitriles is 1. The third kappa shape index (κ3) is 3.52. The van der Waals surface area contributed by atoms with Gasteiger partial charge in [-0.25, -0.2) is 9.78 Å². The number of carbonyl (C=O) groups excluding carboxylic acids is 1. The van der Waals surface area contributed by atoms with E-state index in [-0.39, 0.29) is 0 Å². The number of thiazole rings is 1. The van der Waals surface area contributed by atoms with Gasteiger partial charge in [-0.15, -0.1) is 11.3 Å². The fourth-order valence-electron chi connectivity index (χ4n) is 2.31. The van der Waals surface area contributed by atoms with Crippen LogP contribution in [0.3, 0.4) is 0 Å². The van der Waals surface area contributed by atoms with Crippen LogP contribution in [0.4, 0.5) is 0 Å². The van der Waals surface area contributed by atoms with Crippen LogP contribution in [-0.2, 0) is 4.74 Å². The maximum absolute atomic E-state index is 11.7. The van der Waals surface area contributed by atoms with Gasteiger partial charge < -0.3 is 9.15 Å². The molecular weight excluding hydrogens is 336 g/mol. The highest BCUT2D eigenvalue weighted by Gasteiger charge is 2.16. The Morgan fingerprint density at radius 1 is 1.36 bits per heavy atom. The second-order valence-electron chi connectivity index (χ2n) is 5.18. The van der Waals surface area contributed by atoms with Crippen molar-refractivity contribution in [3.05, 3.63) is 63.9 Å². The van der Waals surface area contributed by atoms with E-state index in [1.54, 1.807) is 19.1 Å². The summed E-state index contributed by atoms with van der Waals surface area (Å²) < 4.78 is 10.2. The van der Waals surface area contributed by atoms with Crippen molar-refractivity contribution >= 4 is 29.0 Å². The van der Waals surface area contributed by atoms with Crippen molar-refractivity contribution in [3.8, 4) is 17.3 Å². The third-order valence-corrected chi connectivity index (χ3v) is 4.43. The van der Waals surface area contributed by atoms with Crippen LogP contribution in [0.2, 0.25) is 0 Å². The van der Waals surface area contributed by atoms with Gasteiger partial charge in [0.05, 0.1) is 18.4 Å². The Morgan fingerprint density at radius 2 is 2.12 bits per heavy atom. The molecule has 0 aliphatic carbocycles. The van der Waals surface area contributed by atoms with E-state index < -0.39 is 5.97 Å². The van der Waals surface area contributed by atoms with Crippen LogP contribution in [0.5, 0.6) is 0 Å². The summed E-state index contributed by atoms with van der Waals surface area (Å²) >= 11 is 1.38. The van der Waals surface area contributed by atoms with Crippen molar-refractivity contribution in [3.63, 3.8) is 0 Å². The zero-order chi connectivity index (χ0) is 17.8. The number of ether oxygens (including phenoxy) is 1. The zero-order valence-corrected chi connectivity index (χ0v) is 14.5. The van der Waals surface area contributed by atoms with Crippen LogP contribution >= 0.6 is 11.3 Å². The van der Waals surface area contributed by atoms with E-state index in [1.807, 2.05) is 35.7 Å². The van der Waals surface area contributed by atoms with E-state index in [9.17, 15) is 10.1 Å². The van der Waals surface area contributed by atoms with E-state index >= 15 is 0 Å². The second-order valence-corrected chi connectivity index (χ2v) is 6.04. The summed E-state index contributed by atoms with van der Waals surface area (Å²) in [6.07, 6.45) is 1.58. The number of hydrogen-bond donors (Lipinski definition) is 0. The molecule has 0 aliphatic rings. The Kier molecular flexibility index (Phi) is 4.78. The molecule has 0 N–H and O–H groups in total. The van der Waals surface area contributed by atoms with Gasteiger partial charge in [-0.2, -0.15) is 5.26 Å². The number of aryl methyl sites for hydroxylation is 1. The molecule has 0 unspecified atom stereocenters. The minimum Gasteiger partial charge on any atom is -0.465 e. The number of nitrogens with zero attached hydrogens (tertiary/aromatic N) is 2. The van der Waals surface area contributed by atoms with Crippen LogP contribution in [-0.4, -0.2) is 18.1 Å². The average Bonchev–Trinajstić information content (AvgIpc) is 3.26. The molecule has 3 rings (SSSR count). The number of esters is 1. The molecule has 0 aliphatic heterocycles. The summed E-state index contributed by atoms with van der Waals surface area (Å²) in [5, 5.41) is 12.0. The molecule has 1 aromatic carbocycles. The smallest absolute Gasteiger partial charge is 0.341 e. The summed E-state index contributed by atoms with van der Waals surface area (Å²) in [7, 11) is 1.31. The van der Waals surface area contributed by atoms with E-state index in [2.05, 4.69) is 11.1 Å². The normalized spacial score (nSPS) is 11.2. The van der Waals surface area contributed by atoms with Gasteiger partial charge in [-0.1, -0.05) is 30.3 Å². The quantitative estimate of drug-likeness (QED) is 0.509. The Bertz CT molecular complexity index is 978. The van der Waals surface area contributed by atoms with Gasteiger partial charge in [0.2, 0.25) is 0 Å². The molecule has 5 nitrogen and oxygen atoms in total. The van der Waals surface area contributed by atoms with Crippen LogP contribution in [0.15, 0.2) is 46.2 Å². The summed E-state index contributed by atoms with van der Waals surface area (Å²) in [5.74, 6) is 0.380. The van der Waals surface area contributed by atoms with Gasteiger partial charge in [0.1, 0.15) is 28.2 Å². The SMILES string of the molecule is COC(=O)c1cc(/C=C(\C#N)c2nc(-c3ccccc3)cs2)oc1C. The molecule has 0 saturated carbocycles. The molecule has 0 atom stereocenters. The molecule has 0 saturated heterocycles. The maximum atomic E-state index is 11.7. The lowest BCUT2D eigenvalue weighted by atomic mass is 10.2. The second kappa shape index (κ2) is 7.16. The molecule has 0 spiro atoms. The van der Waals surface area contributed by atoms with Crippen molar-refractivity contribution in [1.29, 1.82) is 5.26 Å². The molecule has 25 heavy (non-hydrogen) atoms. The minimum atomic E-state index is -0.472. The first-order valence-electron chi connectivity index (χ1n) is 7.44. The first-order valence-corrected chi connectivity index (χ1v) is 8.32. The summed E-state index contributed by atoms with van der Waals surface area (Å²) in [6, 6.07) is 13.4. The number of methoxy groups -OCH3 is 1. The van der Waals surface area contributed by atoms with E-state index in [4.69, 9.17) is 9.15 Å². The predicted molar refractivity (Wildman–Crippen MR) is 95.8 cm³/mol. The molecule has 0 bridgehead atoms. The largest absolute Gasteiger partial charge is 0.465 e. The first-order chi connectivity index (χ1) is 12.1. The number of rotatable bonds is 4. The highest BCUT2D eigenvalue weighted by atomic mass is 32.1. The fourth-order valence-corrected chi connectivity index (χ4v) is 3.11. The number of aromatic nitrogens is 1. The van der Waals surface area contributed by atoms with E-state index in [0.717, 1.165) is 11.3 Å². The maximum Gasteiger partial charge on any atom is 0.341 e. The Morgan fingerprint density at radius 3 is 2.80 bits per heavy atom. The number of allylic oxidation sites excluding steroid dienone is 1. The van der Waals surface area contributed by atoms with Gasteiger partial charge in [0.15, 0.2) is 0 Å². The molecule has 124 valence electrons. The monoisotopic (exact) mass is 350 g/mol. The molecule has 0 radical (unpaired) electrons. The predicted octanol–water partition coefficient (Wildman–Crippen LogP) is 4.56. The fraction of sp³-hybridized carbons (Fsp3) is 0.105. The first kappa shape index (κ1) is 16.7. The minimum absolute atomic E-state index is 0.343. The zero-order valence-electron chi connectivity index (χ0n) is 13.6. The third-order valence-electron chi connectivity index (χ3n) is 3.55. The summed E-state index contributed by atoms with van der Waals surface area (Å²) in [5.41, 5.74) is 2.52. The van der Waals surface area contributed by atoms with Gasteiger partial charge >= 0.3 is 5.97 Å². The molecule has 0 fully saturated rings. The van der Waals surface area contributed by atoms with Crippen molar-refractivity contribution in [2.24, 2.45) is 0 Å². The Balaban J connectivity index is 1.93. The topological polar surface area (TPSA) is 76.1 Å². The molecular formula is C19H14N2O3S. The van der Waals surface area contributed by atoms with Gasteiger partial charge in [0.25, 0.3) is 0 Å². The molecule has 2 heterocycles.